The smallest absolute Gasteiger partial charge is 0.353 e. The molecule has 10 heteroatoms. The van der Waals surface area contributed by atoms with Crippen molar-refractivity contribution in [1.29, 1.82) is 0 Å². The molecule has 0 aliphatic carbocycles. The summed E-state index contributed by atoms with van der Waals surface area (Å²) in [5.74, 6) is -1.28. The summed E-state index contributed by atoms with van der Waals surface area (Å²) in [5.41, 5.74) is 0.611. The zero-order valence-electron chi connectivity index (χ0n) is 9.47. The summed E-state index contributed by atoms with van der Waals surface area (Å²) in [6, 6.07) is 2.62. The number of hydrogen-bond acceptors (Lipinski definition) is 5. The Morgan fingerprint density at radius 2 is 2.21 bits per heavy atom. The Labute approximate surface area is 120 Å². The summed E-state index contributed by atoms with van der Waals surface area (Å²) in [4.78, 5) is 10.6. The van der Waals surface area contributed by atoms with Crippen molar-refractivity contribution in [1.82, 2.24) is 10.2 Å². The molecule has 2 heterocycles. The van der Waals surface area contributed by atoms with Gasteiger partial charge in [0, 0.05) is 6.07 Å². The summed E-state index contributed by atoms with van der Waals surface area (Å²) in [6.45, 7) is 1.77. The van der Waals surface area contributed by atoms with Gasteiger partial charge in [-0.05, 0) is 34.5 Å². The van der Waals surface area contributed by atoms with Gasteiger partial charge in [-0.25, -0.2) is 13.2 Å². The van der Waals surface area contributed by atoms with Crippen LogP contribution in [0.4, 0.5) is 5.82 Å². The average molecular weight is 366 g/mol. The lowest BCUT2D eigenvalue weighted by Gasteiger charge is -2.01. The van der Waals surface area contributed by atoms with Crippen LogP contribution in [0.1, 0.15) is 16.1 Å². The monoisotopic (exact) mass is 365 g/mol. The van der Waals surface area contributed by atoms with Crippen LogP contribution in [0.5, 0.6) is 0 Å². The minimum Gasteiger partial charge on any atom is -0.477 e. The Kier molecular flexibility index (Phi) is 3.65. The van der Waals surface area contributed by atoms with Gasteiger partial charge in [-0.1, -0.05) is 0 Å². The highest BCUT2D eigenvalue weighted by molar-refractivity contribution is 9.11. The Morgan fingerprint density at radius 3 is 2.68 bits per heavy atom. The molecule has 0 unspecified atom stereocenters. The lowest BCUT2D eigenvalue weighted by atomic mass is 10.4. The first-order chi connectivity index (χ1) is 8.79. The van der Waals surface area contributed by atoms with Crippen LogP contribution < -0.4 is 4.72 Å². The van der Waals surface area contributed by atoms with Gasteiger partial charge in [0.05, 0.1) is 3.79 Å². The maximum absolute atomic E-state index is 12.0. The van der Waals surface area contributed by atoms with E-state index in [9.17, 15) is 13.2 Å². The number of nitrogens with one attached hydrogen (secondary N) is 2. The van der Waals surface area contributed by atoms with E-state index >= 15 is 0 Å². The van der Waals surface area contributed by atoms with Gasteiger partial charge >= 0.3 is 5.97 Å². The molecule has 2 rings (SSSR count). The summed E-state index contributed by atoms with van der Waals surface area (Å²) >= 11 is 4.31. The fourth-order valence-electron chi connectivity index (χ4n) is 1.24. The largest absolute Gasteiger partial charge is 0.477 e. The molecule has 2 aromatic heterocycles. The van der Waals surface area contributed by atoms with Gasteiger partial charge < -0.3 is 5.11 Å². The molecule has 0 aliphatic heterocycles. The number of hydrogen-bond donors (Lipinski definition) is 3. The third kappa shape index (κ3) is 2.96. The molecule has 0 aromatic carbocycles. The van der Waals surface area contributed by atoms with Gasteiger partial charge in [-0.2, -0.15) is 5.10 Å². The number of nitrogens with zero attached hydrogens (tertiary/aromatic N) is 1. The second kappa shape index (κ2) is 4.94. The van der Waals surface area contributed by atoms with E-state index in [2.05, 4.69) is 30.8 Å². The molecule has 3 N–H and O–H groups in total. The molecule has 0 aliphatic rings. The van der Waals surface area contributed by atoms with Crippen LogP contribution in [0, 0.1) is 6.92 Å². The predicted octanol–water partition coefficient (Wildman–Crippen LogP) is 2.04. The Balaban J connectivity index is 2.28. The maximum Gasteiger partial charge on any atom is 0.353 e. The topological polar surface area (TPSA) is 112 Å². The van der Waals surface area contributed by atoms with Crippen LogP contribution in [0.3, 0.4) is 0 Å². The molecule has 0 saturated heterocycles. The highest BCUT2D eigenvalue weighted by Crippen LogP contribution is 2.31. The molecule has 0 saturated carbocycles. The fourth-order valence-corrected chi connectivity index (χ4v) is 4.45. The molecule has 0 amide bonds. The van der Waals surface area contributed by atoms with Gasteiger partial charge in [0.1, 0.15) is 9.90 Å². The van der Waals surface area contributed by atoms with Crippen molar-refractivity contribution in [2.24, 2.45) is 0 Å². The van der Waals surface area contributed by atoms with Crippen LogP contribution in [0.25, 0.3) is 0 Å². The average Bonchev–Trinajstić information content (AvgIpc) is 2.87. The number of aryl methyl sites for hydroxylation is 1. The number of carboxylic acids is 1. The normalized spacial score (nSPS) is 11.5. The van der Waals surface area contributed by atoms with Gasteiger partial charge in [-0.15, -0.1) is 11.3 Å². The molecule has 0 radical (unpaired) electrons. The van der Waals surface area contributed by atoms with Gasteiger partial charge in [0.2, 0.25) is 0 Å². The van der Waals surface area contributed by atoms with E-state index in [0.29, 0.717) is 0 Å². The van der Waals surface area contributed by atoms with E-state index < -0.39 is 16.0 Å². The molecular formula is C9H8BrN3O4S2. The molecule has 0 spiro atoms. The van der Waals surface area contributed by atoms with Crippen LogP contribution >= 0.6 is 27.3 Å². The van der Waals surface area contributed by atoms with E-state index in [0.717, 1.165) is 26.8 Å². The molecule has 2 aromatic rings. The first-order valence-electron chi connectivity index (χ1n) is 4.87. The van der Waals surface area contributed by atoms with Crippen LogP contribution in [-0.2, 0) is 10.0 Å². The lowest BCUT2D eigenvalue weighted by molar-refractivity contribution is 0.0690. The van der Waals surface area contributed by atoms with Crippen LogP contribution in [-0.4, -0.2) is 29.7 Å². The highest BCUT2D eigenvalue weighted by atomic mass is 79.9. The molecule has 19 heavy (non-hydrogen) atoms. The number of carboxylic acid groups (broad SMARTS) is 1. The lowest BCUT2D eigenvalue weighted by Crippen LogP contribution is -2.11. The Hall–Kier alpha value is -1.39. The summed E-state index contributed by atoms with van der Waals surface area (Å²) < 4.78 is 27.1. The standard InChI is InChI=1S/C9H8BrN3O4S2/c1-4-2-7(18-8(4)10)19(16,17)13-6-3-5(9(14)15)11-12-6/h2-3H,1H3,(H,14,15)(H2,11,12,13). The predicted molar refractivity (Wildman–Crippen MR) is 73.1 cm³/mol. The summed E-state index contributed by atoms with van der Waals surface area (Å²) in [6.07, 6.45) is 0. The van der Waals surface area contributed by atoms with E-state index in [1.165, 1.54) is 6.07 Å². The molecule has 0 atom stereocenters. The number of halogens is 1. The van der Waals surface area contributed by atoms with Crippen molar-refractivity contribution in [2.45, 2.75) is 11.1 Å². The van der Waals surface area contributed by atoms with Gasteiger partial charge in [-0.3, -0.25) is 9.82 Å². The number of sulfonamides is 1. The van der Waals surface area contributed by atoms with E-state index in [-0.39, 0.29) is 15.7 Å². The van der Waals surface area contributed by atoms with E-state index in [4.69, 9.17) is 5.11 Å². The van der Waals surface area contributed by atoms with E-state index in [1.807, 2.05) is 0 Å². The second-order valence-corrected chi connectivity index (χ2v) is 7.88. The second-order valence-electron chi connectivity index (χ2n) is 3.60. The molecule has 0 fully saturated rings. The molecule has 7 nitrogen and oxygen atoms in total. The van der Waals surface area contributed by atoms with Crippen molar-refractivity contribution in [3.05, 3.63) is 27.2 Å². The summed E-state index contributed by atoms with van der Waals surface area (Å²) in [5, 5.41) is 14.5. The number of thiophene rings is 1. The van der Waals surface area contributed by atoms with Crippen molar-refractivity contribution >= 4 is 49.1 Å². The number of H-pyrrole nitrogens is 1. The van der Waals surface area contributed by atoms with Gasteiger partial charge in [0.15, 0.2) is 5.82 Å². The zero-order chi connectivity index (χ0) is 14.2. The third-order valence-corrected chi connectivity index (χ3v) is 6.11. The van der Waals surface area contributed by atoms with Crippen molar-refractivity contribution < 1.29 is 18.3 Å². The number of carbonyl (C=O) groups is 1. The quantitative estimate of drug-likeness (QED) is 0.767. The number of anilines is 1. The third-order valence-electron chi connectivity index (χ3n) is 2.15. The van der Waals surface area contributed by atoms with Crippen LogP contribution in [0.15, 0.2) is 20.1 Å². The van der Waals surface area contributed by atoms with Crippen LogP contribution in [0.2, 0.25) is 0 Å². The van der Waals surface area contributed by atoms with Crippen molar-refractivity contribution in [3.8, 4) is 0 Å². The van der Waals surface area contributed by atoms with Gasteiger partial charge in [0.25, 0.3) is 10.0 Å². The number of rotatable bonds is 4. The van der Waals surface area contributed by atoms with Crippen molar-refractivity contribution in [2.75, 3.05) is 4.72 Å². The van der Waals surface area contributed by atoms with E-state index in [1.54, 1.807) is 6.92 Å². The number of aromatic carboxylic acids is 1. The highest BCUT2D eigenvalue weighted by Gasteiger charge is 2.20. The summed E-state index contributed by atoms with van der Waals surface area (Å²) in [7, 11) is -3.76. The minimum absolute atomic E-state index is 0.0698. The SMILES string of the molecule is Cc1cc(S(=O)(=O)Nc2cc(C(=O)O)[nH]n2)sc1Br. The molecule has 102 valence electrons. The number of aromatic nitrogens is 2. The number of aromatic amines is 1. The first kappa shape index (κ1) is 14.0. The fraction of sp³-hybridized carbons (Fsp3) is 0.111. The maximum atomic E-state index is 12.0. The minimum atomic E-state index is -3.76. The Bertz CT molecular complexity index is 715. The molecular weight excluding hydrogens is 358 g/mol. The molecule has 0 bridgehead atoms. The van der Waals surface area contributed by atoms with Crippen molar-refractivity contribution in [3.63, 3.8) is 0 Å². The first-order valence-corrected chi connectivity index (χ1v) is 7.96. The zero-order valence-corrected chi connectivity index (χ0v) is 12.7. The Morgan fingerprint density at radius 1 is 1.53 bits per heavy atom.